The molecule has 40 heavy (non-hydrogen) atoms. The van der Waals surface area contributed by atoms with Crippen LogP contribution in [-0.2, 0) is 0 Å². The zero-order valence-electron chi connectivity index (χ0n) is 21.6. The van der Waals surface area contributed by atoms with Gasteiger partial charge < -0.3 is 19.9 Å². The summed E-state index contributed by atoms with van der Waals surface area (Å²) in [4.78, 5) is 19.1. The van der Waals surface area contributed by atoms with E-state index >= 15 is 0 Å². The lowest BCUT2D eigenvalue weighted by Crippen LogP contribution is -2.35. The van der Waals surface area contributed by atoms with Gasteiger partial charge in [-0.15, -0.1) is 12.4 Å². The fraction of sp³-hybridized carbons (Fsp3) is 0.161. The van der Waals surface area contributed by atoms with Gasteiger partial charge in [-0.3, -0.25) is 10.2 Å². The van der Waals surface area contributed by atoms with Crippen LogP contribution in [0.15, 0.2) is 95.5 Å². The van der Waals surface area contributed by atoms with Gasteiger partial charge in [0.05, 0.1) is 0 Å². The summed E-state index contributed by atoms with van der Waals surface area (Å²) in [6, 6.07) is 29.1. The maximum Gasteiger partial charge on any atom is 0.249 e. The van der Waals surface area contributed by atoms with Crippen molar-refractivity contribution in [3.8, 4) is 28.3 Å². The third kappa shape index (κ3) is 5.53. The van der Waals surface area contributed by atoms with Crippen LogP contribution in [0.1, 0.15) is 35.1 Å². The Kier molecular flexibility index (Phi) is 7.79. The normalized spacial score (nSPS) is 14.6. The van der Waals surface area contributed by atoms with Crippen LogP contribution in [-0.4, -0.2) is 39.9 Å². The van der Waals surface area contributed by atoms with Crippen LogP contribution in [0.5, 0.6) is 5.75 Å². The molecule has 1 aliphatic heterocycles. The van der Waals surface area contributed by atoms with E-state index in [1.54, 1.807) is 4.90 Å². The number of fused-ring (bicyclic) bond motifs is 1. The standard InChI is InChI=1S/C31H27N5O3.ClH/c32-31(33)36-16-4-7-27(36)30-34-29(35-39-30)25-13-12-24-18-26(15-14-23(24)17-25)38-19-28(37)22-10-8-21(9-11-22)20-5-2-1-3-6-20;/h1-3,5-6,8-15,17-18,27H,4,7,16,19H2,(H3,32,33);1H. The number of carbonyl (C=O) groups is 1. The molecule has 2 heterocycles. The number of ether oxygens (including phenoxy) is 1. The number of rotatable bonds is 7. The molecule has 1 saturated heterocycles. The molecule has 3 N–H and O–H groups in total. The lowest BCUT2D eigenvalue weighted by Gasteiger charge is -2.21. The van der Waals surface area contributed by atoms with E-state index in [0.717, 1.165) is 40.3 Å². The van der Waals surface area contributed by atoms with Crippen LogP contribution in [0.25, 0.3) is 33.3 Å². The molecule has 202 valence electrons. The molecule has 1 fully saturated rings. The fourth-order valence-corrected chi connectivity index (χ4v) is 4.96. The van der Waals surface area contributed by atoms with Crippen molar-refractivity contribution >= 4 is 34.9 Å². The van der Waals surface area contributed by atoms with Crippen LogP contribution >= 0.6 is 12.4 Å². The number of guanidine groups is 1. The van der Waals surface area contributed by atoms with Gasteiger partial charge in [0.25, 0.3) is 0 Å². The highest BCUT2D eigenvalue weighted by atomic mass is 35.5. The van der Waals surface area contributed by atoms with Gasteiger partial charge in [0, 0.05) is 17.7 Å². The van der Waals surface area contributed by atoms with Gasteiger partial charge in [0.2, 0.25) is 11.7 Å². The monoisotopic (exact) mass is 553 g/mol. The first-order valence-electron chi connectivity index (χ1n) is 12.8. The number of hydrogen-bond acceptors (Lipinski definition) is 6. The molecule has 0 aliphatic carbocycles. The van der Waals surface area contributed by atoms with Crippen molar-refractivity contribution in [2.24, 2.45) is 5.73 Å². The molecule has 9 heteroatoms. The molecule has 0 radical (unpaired) electrons. The van der Waals surface area contributed by atoms with Gasteiger partial charge in [-0.25, -0.2) is 0 Å². The van der Waals surface area contributed by atoms with Crippen molar-refractivity contribution in [1.82, 2.24) is 15.0 Å². The van der Waals surface area contributed by atoms with Crippen molar-refractivity contribution in [2.45, 2.75) is 18.9 Å². The van der Waals surface area contributed by atoms with E-state index < -0.39 is 0 Å². The Balaban J connectivity index is 0.00000323. The van der Waals surface area contributed by atoms with E-state index in [1.165, 1.54) is 0 Å². The molecular weight excluding hydrogens is 526 g/mol. The van der Waals surface area contributed by atoms with Crippen LogP contribution in [0, 0.1) is 5.41 Å². The van der Waals surface area contributed by atoms with Gasteiger partial charge in [-0.2, -0.15) is 4.98 Å². The van der Waals surface area contributed by atoms with Gasteiger partial charge in [0.1, 0.15) is 11.8 Å². The Labute approximate surface area is 237 Å². The number of hydrogen-bond donors (Lipinski definition) is 2. The number of ketones is 1. The molecule has 0 bridgehead atoms. The van der Waals surface area contributed by atoms with Crippen molar-refractivity contribution in [3.05, 3.63) is 102 Å². The number of halogens is 1. The minimum absolute atomic E-state index is 0. The van der Waals surface area contributed by atoms with E-state index in [2.05, 4.69) is 10.1 Å². The minimum Gasteiger partial charge on any atom is -0.485 e. The molecular formula is C31H28ClN5O3. The number of carbonyl (C=O) groups excluding carboxylic acids is 1. The van der Waals surface area contributed by atoms with Crippen molar-refractivity contribution < 1.29 is 14.1 Å². The number of nitrogens with two attached hydrogens (primary N) is 1. The molecule has 0 saturated carbocycles. The Morgan fingerprint density at radius 2 is 1.65 bits per heavy atom. The average molecular weight is 554 g/mol. The zero-order valence-corrected chi connectivity index (χ0v) is 22.4. The van der Waals surface area contributed by atoms with E-state index in [0.29, 0.717) is 29.6 Å². The number of likely N-dealkylation sites (tertiary alicyclic amines) is 1. The van der Waals surface area contributed by atoms with Gasteiger partial charge in [-0.1, -0.05) is 78.0 Å². The molecule has 1 aromatic heterocycles. The Morgan fingerprint density at radius 3 is 2.42 bits per heavy atom. The zero-order chi connectivity index (χ0) is 26.8. The molecule has 0 amide bonds. The maximum absolute atomic E-state index is 12.7. The number of nitrogens with zero attached hydrogens (tertiary/aromatic N) is 3. The molecule has 1 aliphatic rings. The van der Waals surface area contributed by atoms with Crippen LogP contribution < -0.4 is 10.5 Å². The topological polar surface area (TPSA) is 118 Å². The lowest BCUT2D eigenvalue weighted by atomic mass is 10.0. The number of nitrogens with one attached hydrogen (secondary N) is 1. The van der Waals surface area contributed by atoms with Gasteiger partial charge >= 0.3 is 0 Å². The SMILES string of the molecule is Cl.N=C(N)N1CCCC1c1nc(-c2ccc3cc(OCC(=O)c4ccc(-c5ccccc5)cc4)ccc3c2)no1. The third-order valence-corrected chi connectivity index (χ3v) is 7.04. The Morgan fingerprint density at radius 1 is 0.950 bits per heavy atom. The summed E-state index contributed by atoms with van der Waals surface area (Å²) in [5.74, 6) is 1.52. The summed E-state index contributed by atoms with van der Waals surface area (Å²) in [5.41, 5.74) is 9.32. The minimum atomic E-state index is -0.159. The summed E-state index contributed by atoms with van der Waals surface area (Å²) < 4.78 is 11.4. The second-order valence-electron chi connectivity index (χ2n) is 9.57. The van der Waals surface area contributed by atoms with Gasteiger partial charge in [0.15, 0.2) is 18.3 Å². The third-order valence-electron chi connectivity index (χ3n) is 7.04. The second-order valence-corrected chi connectivity index (χ2v) is 9.57. The second kappa shape index (κ2) is 11.6. The average Bonchev–Trinajstić information content (AvgIpc) is 3.66. The largest absolute Gasteiger partial charge is 0.485 e. The van der Waals surface area contributed by atoms with E-state index in [9.17, 15) is 4.79 Å². The first-order valence-corrected chi connectivity index (χ1v) is 12.8. The molecule has 0 spiro atoms. The van der Waals surface area contributed by atoms with Gasteiger partial charge in [-0.05, 0) is 52.9 Å². The lowest BCUT2D eigenvalue weighted by molar-refractivity contribution is 0.0921. The Bertz CT molecular complexity index is 1650. The summed E-state index contributed by atoms with van der Waals surface area (Å²) in [5, 5.41) is 13.9. The summed E-state index contributed by atoms with van der Waals surface area (Å²) in [6.45, 7) is 0.669. The highest BCUT2D eigenvalue weighted by Crippen LogP contribution is 2.32. The molecule has 6 rings (SSSR count). The summed E-state index contributed by atoms with van der Waals surface area (Å²) >= 11 is 0. The molecule has 1 unspecified atom stereocenters. The van der Waals surface area contributed by atoms with Crippen molar-refractivity contribution in [1.29, 1.82) is 5.41 Å². The van der Waals surface area contributed by atoms with Crippen LogP contribution in [0.4, 0.5) is 0 Å². The Hall–Kier alpha value is -4.69. The predicted octanol–water partition coefficient (Wildman–Crippen LogP) is 6.27. The van der Waals surface area contributed by atoms with Crippen LogP contribution in [0.2, 0.25) is 0 Å². The molecule has 8 nitrogen and oxygen atoms in total. The first kappa shape index (κ1) is 26.9. The van der Waals surface area contributed by atoms with E-state index in [1.807, 2.05) is 91.0 Å². The van der Waals surface area contributed by atoms with E-state index in [-0.39, 0.29) is 36.8 Å². The van der Waals surface area contributed by atoms with E-state index in [4.69, 9.17) is 20.4 Å². The summed E-state index contributed by atoms with van der Waals surface area (Å²) in [6.07, 6.45) is 1.75. The van der Waals surface area contributed by atoms with Crippen molar-refractivity contribution in [3.63, 3.8) is 0 Å². The molecule has 5 aromatic rings. The first-order chi connectivity index (χ1) is 19.0. The van der Waals surface area contributed by atoms with Crippen LogP contribution in [0.3, 0.4) is 0 Å². The van der Waals surface area contributed by atoms with Crippen molar-refractivity contribution in [2.75, 3.05) is 13.2 Å². The summed E-state index contributed by atoms with van der Waals surface area (Å²) in [7, 11) is 0. The fourth-order valence-electron chi connectivity index (χ4n) is 4.96. The maximum atomic E-state index is 12.7. The highest BCUT2D eigenvalue weighted by molar-refractivity contribution is 5.97. The number of benzene rings is 4. The number of aromatic nitrogens is 2. The molecule has 4 aromatic carbocycles. The number of Topliss-reactive ketones (excluding diaryl/α,β-unsaturated/α-hetero) is 1. The quantitative estimate of drug-likeness (QED) is 0.138. The predicted molar refractivity (Wildman–Crippen MR) is 157 cm³/mol. The smallest absolute Gasteiger partial charge is 0.249 e. The highest BCUT2D eigenvalue weighted by Gasteiger charge is 2.31. The molecule has 1 atom stereocenters.